The molecule has 0 spiro atoms. The van der Waals surface area contributed by atoms with Crippen LogP contribution in [0.5, 0.6) is 11.5 Å². The number of carbonyl (C=O) groups excluding carboxylic acids is 1. The molecule has 5 rings (SSSR count). The topological polar surface area (TPSA) is 65.4 Å². The summed E-state index contributed by atoms with van der Waals surface area (Å²) in [5.74, 6) is 1.66. The van der Waals surface area contributed by atoms with E-state index in [0.29, 0.717) is 38.6 Å². The highest BCUT2D eigenvalue weighted by molar-refractivity contribution is 6.36. The molecule has 0 fully saturated rings. The number of rotatable bonds is 4. The Morgan fingerprint density at radius 2 is 1.87 bits per heavy atom. The Kier molecular flexibility index (Phi) is 4.73. The van der Waals surface area contributed by atoms with Crippen molar-refractivity contribution < 1.29 is 14.3 Å². The minimum absolute atomic E-state index is 0.0588. The largest absolute Gasteiger partial charge is 0.454 e. The Balaban J connectivity index is 1.49. The second-order valence-corrected chi connectivity index (χ2v) is 7.59. The molecule has 150 valence electrons. The first-order valence-electron chi connectivity index (χ1n) is 9.19. The van der Waals surface area contributed by atoms with Crippen LogP contribution in [-0.2, 0) is 11.3 Å². The first-order valence-corrected chi connectivity index (χ1v) is 9.94. The molecule has 4 aromatic rings. The number of aromatic nitrogens is 2. The first-order chi connectivity index (χ1) is 14.6. The molecule has 0 atom stereocenters. The van der Waals surface area contributed by atoms with Crippen molar-refractivity contribution in [3.63, 3.8) is 0 Å². The fourth-order valence-corrected chi connectivity index (χ4v) is 3.92. The number of ether oxygens (including phenoxy) is 2. The Morgan fingerprint density at radius 3 is 2.73 bits per heavy atom. The summed E-state index contributed by atoms with van der Waals surface area (Å²) >= 11 is 12.5. The highest BCUT2D eigenvalue weighted by Gasteiger charge is 2.18. The number of hydrogen-bond acceptors (Lipinski definition) is 4. The molecular weight excluding hydrogens is 425 g/mol. The van der Waals surface area contributed by atoms with E-state index in [0.717, 1.165) is 11.0 Å². The number of anilines is 1. The molecule has 0 saturated heterocycles. The number of benzene rings is 3. The molecule has 1 aromatic heterocycles. The van der Waals surface area contributed by atoms with Gasteiger partial charge in [0.25, 0.3) is 0 Å². The zero-order valence-corrected chi connectivity index (χ0v) is 17.1. The summed E-state index contributed by atoms with van der Waals surface area (Å²) in [6.45, 7) is 0.238. The van der Waals surface area contributed by atoms with Gasteiger partial charge in [-0.15, -0.1) is 0 Å². The van der Waals surface area contributed by atoms with Crippen LogP contribution in [0.15, 0.2) is 60.7 Å². The fraction of sp³-hybridized carbons (Fsp3) is 0.0909. The van der Waals surface area contributed by atoms with E-state index in [1.54, 1.807) is 36.4 Å². The molecule has 3 aromatic carbocycles. The maximum Gasteiger partial charge on any atom is 0.244 e. The van der Waals surface area contributed by atoms with Crippen LogP contribution < -0.4 is 14.8 Å². The Morgan fingerprint density at radius 1 is 1.03 bits per heavy atom. The molecule has 1 N–H and O–H groups in total. The lowest BCUT2D eigenvalue weighted by molar-refractivity contribution is -0.116. The monoisotopic (exact) mass is 439 g/mol. The standard InChI is InChI=1S/C22H15Cl2N3O3/c23-13-5-7-15(16(24)9-13)22-26-17-3-1-2-4-18(17)27(22)11-21(28)25-14-6-8-19-20(10-14)30-12-29-19/h1-10H,11-12H2,(H,25,28). The SMILES string of the molecule is O=C(Cn1c(-c2ccc(Cl)cc2Cl)nc2ccccc21)Nc1ccc2c(c1)OCO2. The highest BCUT2D eigenvalue weighted by Crippen LogP contribution is 2.35. The molecule has 8 heteroatoms. The fourth-order valence-electron chi connectivity index (χ4n) is 3.43. The van der Waals surface area contributed by atoms with Crippen molar-refractivity contribution in [2.24, 2.45) is 0 Å². The molecule has 1 amide bonds. The number of nitrogens with zero attached hydrogens (tertiary/aromatic N) is 2. The Bertz CT molecular complexity index is 1290. The highest BCUT2D eigenvalue weighted by atomic mass is 35.5. The van der Waals surface area contributed by atoms with Crippen molar-refractivity contribution in [3.05, 3.63) is 70.7 Å². The van der Waals surface area contributed by atoms with Crippen LogP contribution in [0.3, 0.4) is 0 Å². The summed E-state index contributed by atoms with van der Waals surface area (Å²) < 4.78 is 12.5. The number of fused-ring (bicyclic) bond motifs is 2. The van der Waals surface area contributed by atoms with E-state index in [9.17, 15) is 4.79 Å². The minimum atomic E-state index is -0.205. The van der Waals surface area contributed by atoms with Crippen molar-refractivity contribution in [1.29, 1.82) is 0 Å². The average Bonchev–Trinajstić information content (AvgIpc) is 3.33. The predicted molar refractivity (Wildman–Crippen MR) is 116 cm³/mol. The van der Waals surface area contributed by atoms with Gasteiger partial charge in [0.15, 0.2) is 11.5 Å². The van der Waals surface area contributed by atoms with E-state index >= 15 is 0 Å². The number of halogens is 2. The van der Waals surface area contributed by atoms with Gasteiger partial charge in [0, 0.05) is 22.3 Å². The predicted octanol–water partition coefficient (Wildman–Crippen LogP) is 5.38. The molecule has 30 heavy (non-hydrogen) atoms. The molecule has 0 radical (unpaired) electrons. The van der Waals surface area contributed by atoms with E-state index in [1.807, 2.05) is 28.8 Å². The van der Waals surface area contributed by atoms with Crippen LogP contribution in [-0.4, -0.2) is 22.3 Å². The Hall–Kier alpha value is -3.22. The van der Waals surface area contributed by atoms with Gasteiger partial charge in [-0.2, -0.15) is 0 Å². The van der Waals surface area contributed by atoms with E-state index in [4.69, 9.17) is 37.7 Å². The van der Waals surface area contributed by atoms with Gasteiger partial charge in [-0.25, -0.2) is 4.98 Å². The zero-order valence-electron chi connectivity index (χ0n) is 15.6. The summed E-state index contributed by atoms with van der Waals surface area (Å²) in [7, 11) is 0. The lowest BCUT2D eigenvalue weighted by Crippen LogP contribution is -2.19. The second kappa shape index (κ2) is 7.55. The third-order valence-corrected chi connectivity index (χ3v) is 5.33. The number of para-hydroxylation sites is 2. The van der Waals surface area contributed by atoms with Gasteiger partial charge in [0.05, 0.1) is 16.1 Å². The second-order valence-electron chi connectivity index (χ2n) is 6.75. The smallest absolute Gasteiger partial charge is 0.244 e. The van der Waals surface area contributed by atoms with Gasteiger partial charge in [-0.3, -0.25) is 4.79 Å². The van der Waals surface area contributed by atoms with Crippen molar-refractivity contribution in [3.8, 4) is 22.9 Å². The number of carbonyl (C=O) groups is 1. The molecule has 2 heterocycles. The van der Waals surface area contributed by atoms with Crippen molar-refractivity contribution >= 4 is 45.8 Å². The number of imidazole rings is 1. The van der Waals surface area contributed by atoms with Gasteiger partial charge in [-0.05, 0) is 42.5 Å². The van der Waals surface area contributed by atoms with Crippen LogP contribution in [0.1, 0.15) is 0 Å². The van der Waals surface area contributed by atoms with E-state index in [2.05, 4.69) is 5.32 Å². The van der Waals surface area contributed by atoms with E-state index in [1.165, 1.54) is 0 Å². The summed E-state index contributed by atoms with van der Waals surface area (Å²) in [6.07, 6.45) is 0. The van der Waals surface area contributed by atoms with Crippen LogP contribution in [0.2, 0.25) is 10.0 Å². The lowest BCUT2D eigenvalue weighted by Gasteiger charge is -2.11. The molecule has 6 nitrogen and oxygen atoms in total. The van der Waals surface area contributed by atoms with Crippen molar-refractivity contribution in [1.82, 2.24) is 9.55 Å². The molecule has 0 saturated carbocycles. The quantitative estimate of drug-likeness (QED) is 0.463. The normalized spacial score (nSPS) is 12.3. The summed E-state index contributed by atoms with van der Waals surface area (Å²) in [4.78, 5) is 17.6. The minimum Gasteiger partial charge on any atom is -0.454 e. The van der Waals surface area contributed by atoms with E-state index < -0.39 is 0 Å². The summed E-state index contributed by atoms with van der Waals surface area (Å²) in [5.41, 5.74) is 2.93. The number of hydrogen-bond donors (Lipinski definition) is 1. The number of nitrogens with one attached hydrogen (secondary N) is 1. The molecule has 1 aliphatic rings. The van der Waals surface area contributed by atoms with Crippen LogP contribution >= 0.6 is 23.2 Å². The third-order valence-electron chi connectivity index (χ3n) is 4.78. The van der Waals surface area contributed by atoms with Crippen LogP contribution in [0, 0.1) is 0 Å². The van der Waals surface area contributed by atoms with Crippen LogP contribution in [0.25, 0.3) is 22.4 Å². The van der Waals surface area contributed by atoms with Gasteiger partial charge < -0.3 is 19.4 Å². The Labute approximate surface area is 182 Å². The van der Waals surface area contributed by atoms with Gasteiger partial charge >= 0.3 is 0 Å². The van der Waals surface area contributed by atoms with Crippen LogP contribution in [0.4, 0.5) is 5.69 Å². The maximum atomic E-state index is 12.9. The van der Waals surface area contributed by atoms with Crippen molar-refractivity contribution in [2.75, 3.05) is 12.1 Å². The maximum absolute atomic E-state index is 12.9. The molecule has 0 unspecified atom stereocenters. The van der Waals surface area contributed by atoms with Gasteiger partial charge in [0.1, 0.15) is 12.4 Å². The molecule has 0 aliphatic carbocycles. The molecule has 0 bridgehead atoms. The van der Waals surface area contributed by atoms with E-state index in [-0.39, 0.29) is 19.2 Å². The lowest BCUT2D eigenvalue weighted by atomic mass is 10.2. The summed E-state index contributed by atoms with van der Waals surface area (Å²) in [5, 5.41) is 3.90. The zero-order chi connectivity index (χ0) is 20.7. The molecule has 1 aliphatic heterocycles. The summed E-state index contributed by atoms with van der Waals surface area (Å²) in [6, 6.07) is 18.1. The van der Waals surface area contributed by atoms with Gasteiger partial charge in [0.2, 0.25) is 12.7 Å². The van der Waals surface area contributed by atoms with Gasteiger partial charge in [-0.1, -0.05) is 35.3 Å². The van der Waals surface area contributed by atoms with Crippen molar-refractivity contribution in [2.45, 2.75) is 6.54 Å². The average molecular weight is 440 g/mol. The number of amides is 1. The third kappa shape index (κ3) is 3.44. The molecular formula is C22H15Cl2N3O3. The first kappa shape index (κ1) is 18.8.